The van der Waals surface area contributed by atoms with Crippen LogP contribution >= 0.6 is 11.3 Å². The molecule has 0 spiro atoms. The van der Waals surface area contributed by atoms with Crippen LogP contribution in [0, 0.1) is 20.8 Å². The second kappa shape index (κ2) is 8.44. The van der Waals surface area contributed by atoms with Crippen molar-refractivity contribution >= 4 is 33.0 Å². The Kier molecular flexibility index (Phi) is 6.16. The fourth-order valence-corrected chi connectivity index (χ4v) is 4.91. The Hall–Kier alpha value is -2.55. The maximum Gasteiger partial charge on any atom is 0.240 e. The Labute approximate surface area is 175 Å². The van der Waals surface area contributed by atoms with Gasteiger partial charge in [0.05, 0.1) is 22.0 Å². The number of aromatic nitrogens is 1. The van der Waals surface area contributed by atoms with Crippen molar-refractivity contribution < 1.29 is 13.2 Å². The number of nitrogens with zero attached hydrogens (tertiary/aromatic N) is 1. The van der Waals surface area contributed by atoms with Crippen LogP contribution in [0.2, 0.25) is 0 Å². The molecule has 0 saturated carbocycles. The molecule has 1 heterocycles. The molecule has 0 aliphatic carbocycles. The molecule has 0 fully saturated rings. The van der Waals surface area contributed by atoms with Gasteiger partial charge in [0.15, 0.2) is 0 Å². The predicted molar refractivity (Wildman–Crippen MR) is 117 cm³/mol. The molecule has 0 radical (unpaired) electrons. The number of carbonyl (C=O) groups is 1. The summed E-state index contributed by atoms with van der Waals surface area (Å²) in [4.78, 5) is 18.3. The van der Waals surface area contributed by atoms with E-state index >= 15 is 0 Å². The number of aryl methyl sites for hydroxylation is 3. The second-order valence-corrected chi connectivity index (χ2v) is 9.93. The summed E-state index contributed by atoms with van der Waals surface area (Å²) >= 11 is 1.49. The van der Waals surface area contributed by atoms with E-state index in [1.807, 2.05) is 38.1 Å². The molecule has 29 heavy (non-hydrogen) atoms. The van der Waals surface area contributed by atoms with Crippen LogP contribution in [0.4, 0.5) is 5.69 Å². The van der Waals surface area contributed by atoms with Crippen molar-refractivity contribution in [3.05, 3.63) is 63.5 Å². The average Bonchev–Trinajstić information content (AvgIpc) is 3.03. The smallest absolute Gasteiger partial charge is 0.240 e. The topological polar surface area (TPSA) is 88.2 Å². The minimum absolute atomic E-state index is 0.145. The Morgan fingerprint density at radius 3 is 2.41 bits per heavy atom. The molecule has 2 aromatic carbocycles. The third kappa shape index (κ3) is 4.90. The fraction of sp³-hybridized carbons (Fsp3) is 0.238. The first kappa shape index (κ1) is 21.2. The second-order valence-electron chi connectivity index (χ2n) is 6.78. The molecule has 3 aromatic rings. The van der Waals surface area contributed by atoms with Crippen LogP contribution in [-0.2, 0) is 21.2 Å². The van der Waals surface area contributed by atoms with Gasteiger partial charge in [-0.15, -0.1) is 11.3 Å². The molecule has 0 unspecified atom stereocenters. The van der Waals surface area contributed by atoms with Gasteiger partial charge in [0.1, 0.15) is 0 Å². The highest BCUT2D eigenvalue weighted by molar-refractivity contribution is 7.89. The van der Waals surface area contributed by atoms with Crippen LogP contribution in [0.15, 0.2) is 47.4 Å². The van der Waals surface area contributed by atoms with Crippen molar-refractivity contribution in [2.75, 3.05) is 12.4 Å². The third-order valence-electron chi connectivity index (χ3n) is 4.48. The summed E-state index contributed by atoms with van der Waals surface area (Å²) in [6.45, 7) is 5.65. The van der Waals surface area contributed by atoms with Gasteiger partial charge in [-0.05, 0) is 45.5 Å². The molecule has 8 heteroatoms. The van der Waals surface area contributed by atoms with Gasteiger partial charge < -0.3 is 5.32 Å². The van der Waals surface area contributed by atoms with E-state index in [-0.39, 0.29) is 17.2 Å². The van der Waals surface area contributed by atoms with Gasteiger partial charge in [0.25, 0.3) is 0 Å². The van der Waals surface area contributed by atoms with E-state index in [0.29, 0.717) is 11.3 Å². The summed E-state index contributed by atoms with van der Waals surface area (Å²) in [6, 6.07) is 12.9. The molecule has 0 saturated heterocycles. The van der Waals surface area contributed by atoms with Crippen molar-refractivity contribution in [3.63, 3.8) is 0 Å². The molecular weight excluding hydrogens is 406 g/mol. The molecule has 1 amide bonds. The highest BCUT2D eigenvalue weighted by atomic mass is 32.2. The highest BCUT2D eigenvalue weighted by Crippen LogP contribution is 2.29. The van der Waals surface area contributed by atoms with Gasteiger partial charge >= 0.3 is 0 Å². The quantitative estimate of drug-likeness (QED) is 0.623. The van der Waals surface area contributed by atoms with E-state index in [4.69, 9.17) is 0 Å². The molecule has 152 valence electrons. The summed E-state index contributed by atoms with van der Waals surface area (Å²) in [6.07, 6.45) is 0.163. The predicted octanol–water partition coefficient (Wildman–Crippen LogP) is 3.82. The summed E-state index contributed by atoms with van der Waals surface area (Å²) in [5.74, 6) is -0.223. The van der Waals surface area contributed by atoms with Crippen LogP contribution in [0.5, 0.6) is 0 Å². The van der Waals surface area contributed by atoms with Gasteiger partial charge in [-0.1, -0.05) is 35.9 Å². The number of sulfonamides is 1. The molecular formula is C21H23N3O3S2. The largest absolute Gasteiger partial charge is 0.326 e. The number of thiazole rings is 1. The Morgan fingerprint density at radius 2 is 1.76 bits per heavy atom. The van der Waals surface area contributed by atoms with E-state index in [0.717, 1.165) is 26.7 Å². The number of nitrogens with one attached hydrogen (secondary N) is 2. The number of hydrogen-bond acceptors (Lipinski definition) is 5. The summed E-state index contributed by atoms with van der Waals surface area (Å²) in [5.41, 5.74) is 3.99. The Balaban J connectivity index is 1.82. The van der Waals surface area contributed by atoms with Crippen molar-refractivity contribution in [2.24, 2.45) is 0 Å². The molecule has 1 aromatic heterocycles. The molecule has 0 aliphatic rings. The zero-order valence-electron chi connectivity index (χ0n) is 16.7. The molecule has 0 bridgehead atoms. The van der Waals surface area contributed by atoms with Gasteiger partial charge in [0.2, 0.25) is 15.9 Å². The number of benzene rings is 2. The van der Waals surface area contributed by atoms with Crippen molar-refractivity contribution in [3.8, 4) is 11.3 Å². The van der Waals surface area contributed by atoms with Crippen LogP contribution in [0.3, 0.4) is 0 Å². The molecule has 0 atom stereocenters. The minimum atomic E-state index is -3.60. The minimum Gasteiger partial charge on any atom is -0.326 e. The maximum absolute atomic E-state index is 12.6. The fourth-order valence-electron chi connectivity index (χ4n) is 2.95. The van der Waals surface area contributed by atoms with Crippen molar-refractivity contribution in [2.45, 2.75) is 32.1 Å². The number of hydrogen-bond donors (Lipinski definition) is 2. The van der Waals surface area contributed by atoms with Crippen LogP contribution in [0.1, 0.15) is 21.0 Å². The van der Waals surface area contributed by atoms with Gasteiger partial charge in [-0.25, -0.2) is 18.1 Å². The van der Waals surface area contributed by atoms with Crippen LogP contribution < -0.4 is 10.0 Å². The normalized spacial score (nSPS) is 11.4. The average molecular weight is 430 g/mol. The lowest BCUT2D eigenvalue weighted by Crippen LogP contribution is -2.20. The van der Waals surface area contributed by atoms with E-state index in [9.17, 15) is 13.2 Å². The summed E-state index contributed by atoms with van der Waals surface area (Å²) < 4.78 is 26.6. The highest BCUT2D eigenvalue weighted by Gasteiger charge is 2.18. The standard InChI is InChI=1S/C21H23N3O3S2/c1-13-5-8-16(9-6-13)21-18(28-15(3)23-21)12-20(25)24-17-10-7-14(2)19(11-17)29(26,27)22-4/h5-11,22H,12H2,1-4H3,(H,24,25). The monoisotopic (exact) mass is 429 g/mol. The lowest BCUT2D eigenvalue weighted by molar-refractivity contribution is -0.115. The van der Waals surface area contributed by atoms with Crippen molar-refractivity contribution in [1.29, 1.82) is 0 Å². The SMILES string of the molecule is CNS(=O)(=O)c1cc(NC(=O)Cc2sc(C)nc2-c2ccc(C)cc2)ccc1C. The summed E-state index contributed by atoms with van der Waals surface area (Å²) in [7, 11) is -2.24. The first-order valence-electron chi connectivity index (χ1n) is 9.07. The number of rotatable bonds is 6. The molecule has 3 rings (SSSR count). The van der Waals surface area contributed by atoms with Crippen LogP contribution in [-0.4, -0.2) is 26.4 Å². The summed E-state index contributed by atoms with van der Waals surface area (Å²) in [5, 5.41) is 3.69. The van der Waals surface area contributed by atoms with Gasteiger partial charge in [-0.3, -0.25) is 4.79 Å². The zero-order valence-corrected chi connectivity index (χ0v) is 18.4. The number of amides is 1. The molecule has 2 N–H and O–H groups in total. The Bertz CT molecular complexity index is 1150. The molecule has 0 aliphatic heterocycles. The third-order valence-corrected chi connectivity index (χ3v) is 7.01. The van der Waals surface area contributed by atoms with Crippen molar-refractivity contribution in [1.82, 2.24) is 9.71 Å². The maximum atomic E-state index is 12.6. The Morgan fingerprint density at radius 1 is 1.07 bits per heavy atom. The lowest BCUT2D eigenvalue weighted by atomic mass is 10.1. The zero-order chi connectivity index (χ0) is 21.2. The van der Waals surface area contributed by atoms with E-state index in [1.54, 1.807) is 19.1 Å². The first-order chi connectivity index (χ1) is 13.7. The number of anilines is 1. The van der Waals surface area contributed by atoms with Gasteiger partial charge in [-0.2, -0.15) is 0 Å². The van der Waals surface area contributed by atoms with Crippen LogP contribution in [0.25, 0.3) is 11.3 Å². The lowest BCUT2D eigenvalue weighted by Gasteiger charge is -2.10. The first-order valence-corrected chi connectivity index (χ1v) is 11.4. The van der Waals surface area contributed by atoms with E-state index in [1.165, 1.54) is 24.5 Å². The van der Waals surface area contributed by atoms with Gasteiger partial charge in [0, 0.05) is 16.1 Å². The number of carbonyl (C=O) groups excluding carboxylic acids is 1. The van der Waals surface area contributed by atoms with E-state index in [2.05, 4.69) is 15.0 Å². The molecule has 6 nitrogen and oxygen atoms in total. The van der Waals surface area contributed by atoms with E-state index < -0.39 is 10.0 Å².